The molecule has 158 valence electrons. The molecule has 2 aromatic carbocycles. The van der Waals surface area contributed by atoms with Crippen molar-refractivity contribution in [1.82, 2.24) is 9.85 Å². The molecule has 1 atom stereocenters. The van der Waals surface area contributed by atoms with Crippen molar-refractivity contribution < 1.29 is 23.5 Å². The Hall–Kier alpha value is -1.86. The summed E-state index contributed by atoms with van der Waals surface area (Å²) in [6.45, 7) is 4.16. The number of ether oxygens (including phenoxy) is 2. The second kappa shape index (κ2) is 8.71. The number of benzene rings is 2. The fourth-order valence-corrected chi connectivity index (χ4v) is 4.28. The van der Waals surface area contributed by atoms with Crippen LogP contribution in [0.5, 0.6) is 0 Å². The summed E-state index contributed by atoms with van der Waals surface area (Å²) >= 11 is 3.27. The lowest BCUT2D eigenvalue weighted by Gasteiger charge is -2.17. The molecule has 0 radical (unpaired) electrons. The Morgan fingerprint density at radius 3 is 2.97 bits per heavy atom. The predicted molar refractivity (Wildman–Crippen MR) is 120 cm³/mol. The van der Waals surface area contributed by atoms with Gasteiger partial charge in [-0.05, 0) is 72.2 Å². The van der Waals surface area contributed by atoms with Crippen molar-refractivity contribution in [3.63, 3.8) is 0 Å². The zero-order valence-electron chi connectivity index (χ0n) is 16.2. The normalized spacial score (nSPS) is 17.9. The fraction of sp³-hybridized carbons (Fsp3) is 0.300. The van der Waals surface area contributed by atoms with E-state index in [1.807, 2.05) is 36.4 Å². The standard InChI is InChI=1S/C20H19FIN3O4S/c1-20(2)27-9-13(29-20)10-28-25-19(26)14-5-3-11-8-23-30-18(11)17(14)24-16-6-4-12(22)7-15(16)21/h3-8,13,24H,9-10H2,1-2H3,(H,25,26)/t13-/m1/s1. The lowest BCUT2D eigenvalue weighted by molar-refractivity contribution is -0.147. The molecule has 4 rings (SSSR count). The van der Waals surface area contributed by atoms with Crippen LogP contribution in [-0.4, -0.2) is 35.4 Å². The number of anilines is 2. The van der Waals surface area contributed by atoms with Crippen molar-refractivity contribution in [2.45, 2.75) is 25.7 Å². The minimum Gasteiger partial charge on any atom is -0.351 e. The Morgan fingerprint density at radius 2 is 2.23 bits per heavy atom. The van der Waals surface area contributed by atoms with Gasteiger partial charge in [0.05, 0.1) is 28.2 Å². The van der Waals surface area contributed by atoms with Gasteiger partial charge in [-0.1, -0.05) is 6.07 Å². The van der Waals surface area contributed by atoms with Crippen molar-refractivity contribution in [3.05, 3.63) is 51.5 Å². The molecule has 1 aliphatic heterocycles. The SMILES string of the molecule is CC1(C)OC[C@H](CONC(=O)c2ccc3cnsc3c2Nc2ccc(I)cc2F)O1. The van der Waals surface area contributed by atoms with E-state index in [-0.39, 0.29) is 18.4 Å². The number of halogens is 2. The maximum atomic E-state index is 14.4. The monoisotopic (exact) mass is 543 g/mol. The summed E-state index contributed by atoms with van der Waals surface area (Å²) in [4.78, 5) is 18.1. The van der Waals surface area contributed by atoms with Gasteiger partial charge in [-0.3, -0.25) is 9.63 Å². The highest BCUT2D eigenvalue weighted by Gasteiger charge is 2.33. The molecular formula is C20H19FIN3O4S. The number of rotatable bonds is 6. The molecule has 30 heavy (non-hydrogen) atoms. The van der Waals surface area contributed by atoms with Crippen LogP contribution in [0.15, 0.2) is 36.5 Å². The lowest BCUT2D eigenvalue weighted by Crippen LogP contribution is -2.30. The average molecular weight is 543 g/mol. The summed E-state index contributed by atoms with van der Waals surface area (Å²) < 4.78 is 31.2. The van der Waals surface area contributed by atoms with E-state index in [1.54, 1.807) is 30.5 Å². The third-order valence-corrected chi connectivity index (χ3v) is 5.96. The minimum atomic E-state index is -0.663. The molecule has 7 nitrogen and oxygen atoms in total. The van der Waals surface area contributed by atoms with Gasteiger partial charge in [-0.15, -0.1) is 0 Å². The van der Waals surface area contributed by atoms with Gasteiger partial charge in [0, 0.05) is 15.2 Å². The highest BCUT2D eigenvalue weighted by molar-refractivity contribution is 14.1. The maximum absolute atomic E-state index is 14.4. The van der Waals surface area contributed by atoms with Crippen LogP contribution in [-0.2, 0) is 14.3 Å². The topological polar surface area (TPSA) is 81.7 Å². The summed E-state index contributed by atoms with van der Waals surface area (Å²) in [7, 11) is 0. The summed E-state index contributed by atoms with van der Waals surface area (Å²) in [5.74, 6) is -1.53. The minimum absolute atomic E-state index is 0.145. The average Bonchev–Trinajstić information content (AvgIpc) is 3.30. The second-order valence-corrected chi connectivity index (χ2v) is 9.22. The molecule has 0 bridgehead atoms. The van der Waals surface area contributed by atoms with Crippen LogP contribution < -0.4 is 10.8 Å². The van der Waals surface area contributed by atoms with Gasteiger partial charge in [0.15, 0.2) is 5.79 Å². The number of carbonyl (C=O) groups is 1. The number of aromatic nitrogens is 1. The van der Waals surface area contributed by atoms with Crippen LogP contribution in [0.2, 0.25) is 0 Å². The Labute approximate surface area is 190 Å². The molecule has 1 aliphatic rings. The van der Waals surface area contributed by atoms with Crippen LogP contribution >= 0.6 is 34.1 Å². The van der Waals surface area contributed by atoms with Gasteiger partial charge in [0.25, 0.3) is 5.91 Å². The molecule has 1 aromatic heterocycles. The summed E-state index contributed by atoms with van der Waals surface area (Å²) in [5.41, 5.74) is 3.49. The molecule has 0 unspecified atom stereocenters. The molecule has 10 heteroatoms. The first kappa shape index (κ1) is 21.4. The largest absolute Gasteiger partial charge is 0.351 e. The Balaban J connectivity index is 1.53. The number of nitrogens with one attached hydrogen (secondary N) is 2. The van der Waals surface area contributed by atoms with E-state index in [0.717, 1.165) is 13.7 Å². The molecule has 3 aromatic rings. The van der Waals surface area contributed by atoms with Crippen molar-refractivity contribution in [2.75, 3.05) is 18.5 Å². The van der Waals surface area contributed by atoms with Crippen LogP contribution in [0.25, 0.3) is 10.1 Å². The van der Waals surface area contributed by atoms with Crippen LogP contribution in [0, 0.1) is 9.39 Å². The molecule has 2 heterocycles. The smallest absolute Gasteiger partial charge is 0.277 e. The first-order valence-corrected chi connectivity index (χ1v) is 11.0. The summed E-state index contributed by atoms with van der Waals surface area (Å²) in [6, 6.07) is 8.28. The number of fused-ring (bicyclic) bond motifs is 1. The molecule has 1 saturated heterocycles. The Morgan fingerprint density at radius 1 is 1.40 bits per heavy atom. The number of nitrogens with zero attached hydrogens (tertiary/aromatic N) is 1. The van der Waals surface area contributed by atoms with Crippen LogP contribution in [0.1, 0.15) is 24.2 Å². The van der Waals surface area contributed by atoms with Crippen molar-refractivity contribution >= 4 is 61.5 Å². The quantitative estimate of drug-likeness (QED) is 0.350. The predicted octanol–water partition coefficient (Wildman–Crippen LogP) is 4.60. The number of hydroxylamine groups is 1. The van der Waals surface area contributed by atoms with Gasteiger partial charge in [0.2, 0.25) is 0 Å². The molecule has 1 fully saturated rings. The lowest BCUT2D eigenvalue weighted by atomic mass is 10.1. The first-order valence-electron chi connectivity index (χ1n) is 9.16. The van der Waals surface area contributed by atoms with E-state index in [9.17, 15) is 9.18 Å². The number of amides is 1. The molecule has 0 saturated carbocycles. The third kappa shape index (κ3) is 4.72. The van der Waals surface area contributed by atoms with E-state index in [4.69, 9.17) is 14.3 Å². The Kier molecular flexibility index (Phi) is 6.21. The molecule has 0 spiro atoms. The van der Waals surface area contributed by atoms with Gasteiger partial charge in [0.1, 0.15) is 18.5 Å². The highest BCUT2D eigenvalue weighted by atomic mass is 127. The third-order valence-electron chi connectivity index (χ3n) is 4.46. The van der Waals surface area contributed by atoms with E-state index in [1.165, 1.54) is 17.6 Å². The van der Waals surface area contributed by atoms with E-state index in [2.05, 4.69) is 15.2 Å². The van der Waals surface area contributed by atoms with Crippen LogP contribution in [0.3, 0.4) is 0 Å². The zero-order valence-corrected chi connectivity index (χ0v) is 19.2. The summed E-state index contributed by atoms with van der Waals surface area (Å²) in [6.07, 6.45) is 1.43. The van der Waals surface area contributed by atoms with E-state index in [0.29, 0.717) is 17.9 Å². The van der Waals surface area contributed by atoms with Gasteiger partial charge >= 0.3 is 0 Å². The molecule has 0 aliphatic carbocycles. The van der Waals surface area contributed by atoms with E-state index < -0.39 is 17.5 Å². The molecular weight excluding hydrogens is 524 g/mol. The van der Waals surface area contributed by atoms with Gasteiger partial charge in [-0.2, -0.15) is 4.37 Å². The highest BCUT2D eigenvalue weighted by Crippen LogP contribution is 2.34. The molecule has 2 N–H and O–H groups in total. The second-order valence-electron chi connectivity index (χ2n) is 7.17. The molecule has 1 amide bonds. The first-order chi connectivity index (χ1) is 14.3. The Bertz CT molecular complexity index is 1090. The summed E-state index contributed by atoms with van der Waals surface area (Å²) in [5, 5.41) is 3.90. The zero-order chi connectivity index (χ0) is 21.3. The van der Waals surface area contributed by atoms with Gasteiger partial charge in [-0.25, -0.2) is 9.87 Å². The van der Waals surface area contributed by atoms with E-state index >= 15 is 0 Å². The number of carbonyl (C=O) groups excluding carboxylic acids is 1. The van der Waals surface area contributed by atoms with Crippen molar-refractivity contribution in [1.29, 1.82) is 0 Å². The van der Waals surface area contributed by atoms with Crippen molar-refractivity contribution in [2.24, 2.45) is 0 Å². The van der Waals surface area contributed by atoms with Crippen LogP contribution in [0.4, 0.5) is 15.8 Å². The number of hydrogen-bond acceptors (Lipinski definition) is 7. The number of hydrogen-bond donors (Lipinski definition) is 2. The van der Waals surface area contributed by atoms with Crippen molar-refractivity contribution in [3.8, 4) is 0 Å². The maximum Gasteiger partial charge on any atom is 0.277 e. The fourth-order valence-electron chi connectivity index (χ4n) is 3.07. The van der Waals surface area contributed by atoms with Gasteiger partial charge < -0.3 is 14.8 Å².